The molecule has 2 unspecified atom stereocenters. The van der Waals surface area contributed by atoms with Gasteiger partial charge in [-0.2, -0.15) is 6.42 Å². The Morgan fingerprint density at radius 3 is 2.33 bits per heavy atom. The molecule has 27 heavy (non-hydrogen) atoms. The van der Waals surface area contributed by atoms with Crippen LogP contribution in [0.1, 0.15) is 29.9 Å². The second-order valence-corrected chi connectivity index (χ2v) is 6.91. The number of benzene rings is 2. The van der Waals surface area contributed by atoms with Gasteiger partial charge in [-0.05, 0) is 43.3 Å². The third-order valence-electron chi connectivity index (χ3n) is 4.39. The van der Waals surface area contributed by atoms with Gasteiger partial charge < -0.3 is 26.5 Å². The average Bonchev–Trinajstić information content (AvgIpc) is 2.64. The SMILES string of the molecule is [CH2-]C(O)(CC[C-]=O)C(CN(C)C)c1ccc(OCc2ccccc2)cc1.[Y]. The molecule has 5 heteroatoms. The Morgan fingerprint density at radius 1 is 1.15 bits per heavy atom. The molecule has 2 aromatic rings. The molecule has 0 fully saturated rings. The fourth-order valence-electron chi connectivity index (χ4n) is 2.93. The fraction of sp³-hybridized carbons (Fsp3) is 0.364. The van der Waals surface area contributed by atoms with Crippen LogP contribution in [0.15, 0.2) is 54.6 Å². The summed E-state index contributed by atoms with van der Waals surface area (Å²) in [6, 6.07) is 17.7. The molecule has 2 rings (SSSR count). The first kappa shape index (κ1) is 24.0. The van der Waals surface area contributed by atoms with Crippen LogP contribution in [0.25, 0.3) is 0 Å². The molecule has 2 atom stereocenters. The zero-order valence-corrected chi connectivity index (χ0v) is 18.9. The molecule has 2 aromatic carbocycles. The Balaban J connectivity index is 0.00000364. The first-order valence-corrected chi connectivity index (χ1v) is 8.76. The second-order valence-electron chi connectivity index (χ2n) is 6.91. The molecule has 0 heterocycles. The summed E-state index contributed by atoms with van der Waals surface area (Å²) in [5.41, 5.74) is 0.849. The van der Waals surface area contributed by atoms with Crippen LogP contribution in [0.4, 0.5) is 0 Å². The average molecular weight is 442 g/mol. The number of ether oxygens (including phenoxy) is 1. The largest absolute Gasteiger partial charge is 0.542 e. The summed E-state index contributed by atoms with van der Waals surface area (Å²) in [5.74, 6) is 0.559. The molecule has 0 aliphatic heterocycles. The van der Waals surface area contributed by atoms with Crippen molar-refractivity contribution in [2.24, 2.45) is 0 Å². The number of carbonyl (C=O) groups excluding carboxylic acids is 1. The smallest absolute Gasteiger partial charge is 0.119 e. The van der Waals surface area contributed by atoms with Crippen molar-refractivity contribution in [3.8, 4) is 5.75 Å². The van der Waals surface area contributed by atoms with Gasteiger partial charge in [-0.25, -0.2) is 0 Å². The van der Waals surface area contributed by atoms with Gasteiger partial charge in [-0.3, -0.25) is 6.29 Å². The van der Waals surface area contributed by atoms with Crippen LogP contribution >= 0.6 is 0 Å². The summed E-state index contributed by atoms with van der Waals surface area (Å²) in [7, 11) is 3.90. The number of hydrogen-bond acceptors (Lipinski definition) is 4. The first-order chi connectivity index (χ1) is 12.4. The van der Waals surface area contributed by atoms with E-state index < -0.39 is 5.60 Å². The topological polar surface area (TPSA) is 49.8 Å². The van der Waals surface area contributed by atoms with Gasteiger partial charge in [-0.15, -0.1) is 0 Å². The quantitative estimate of drug-likeness (QED) is 0.574. The summed E-state index contributed by atoms with van der Waals surface area (Å²) in [5, 5.41) is 10.8. The minimum Gasteiger partial charge on any atom is -0.542 e. The molecule has 0 aliphatic carbocycles. The molecule has 0 saturated heterocycles. The second kappa shape index (κ2) is 11.7. The van der Waals surface area contributed by atoms with Crippen molar-refractivity contribution < 1.29 is 47.3 Å². The Hall–Kier alpha value is -1.07. The summed E-state index contributed by atoms with van der Waals surface area (Å²) in [4.78, 5) is 12.6. The standard InChI is InChI=1S/C22H27NO3.Y/c1-22(25,14-7-15-24)21(16-23(2)3)19-10-12-20(13-11-19)26-17-18-8-5-4-6-9-18;/h4-6,8-13,21,25H,1,7,14,16-17H2,2-3H3;/q-2;. The maximum atomic E-state index is 10.8. The number of hydrogen-bond donors (Lipinski definition) is 1. The third kappa shape index (κ3) is 7.83. The Bertz CT molecular complexity index is 672. The zero-order chi connectivity index (χ0) is 19.0. The van der Waals surface area contributed by atoms with Crippen molar-refractivity contribution in [3.63, 3.8) is 0 Å². The van der Waals surface area contributed by atoms with Gasteiger partial charge in [0.05, 0.1) is 0 Å². The van der Waals surface area contributed by atoms with E-state index in [0.717, 1.165) is 16.9 Å². The van der Waals surface area contributed by atoms with Crippen molar-refractivity contribution >= 4 is 6.29 Å². The maximum absolute atomic E-state index is 10.8. The van der Waals surface area contributed by atoms with E-state index in [0.29, 0.717) is 13.2 Å². The van der Waals surface area contributed by atoms with Gasteiger partial charge in [0.1, 0.15) is 12.4 Å². The van der Waals surface area contributed by atoms with E-state index in [1.54, 1.807) is 0 Å². The molecule has 0 aromatic heterocycles. The van der Waals surface area contributed by atoms with Gasteiger partial charge in [0, 0.05) is 39.3 Å². The van der Waals surface area contributed by atoms with E-state index >= 15 is 0 Å². The van der Waals surface area contributed by atoms with Crippen LogP contribution < -0.4 is 4.74 Å². The van der Waals surface area contributed by atoms with E-state index in [2.05, 4.69) is 6.92 Å². The molecule has 0 amide bonds. The molecular formula is C22H27NO3Y-2. The predicted octanol–water partition coefficient (Wildman–Crippen LogP) is 3.36. The van der Waals surface area contributed by atoms with Gasteiger partial charge in [0.25, 0.3) is 0 Å². The Kier molecular flexibility index (Phi) is 10.4. The molecule has 0 bridgehead atoms. The maximum Gasteiger partial charge on any atom is 0.119 e. The van der Waals surface area contributed by atoms with Crippen LogP contribution in [0, 0.1) is 6.92 Å². The van der Waals surface area contributed by atoms with E-state index in [1.807, 2.05) is 79.9 Å². The number of likely N-dealkylation sites (N-methyl/N-ethyl adjacent to an activating group) is 1. The van der Waals surface area contributed by atoms with Gasteiger partial charge in [0.2, 0.25) is 0 Å². The van der Waals surface area contributed by atoms with Crippen LogP contribution in [-0.4, -0.2) is 42.5 Å². The van der Waals surface area contributed by atoms with Crippen molar-refractivity contribution in [2.75, 3.05) is 20.6 Å². The van der Waals surface area contributed by atoms with Crippen molar-refractivity contribution in [1.29, 1.82) is 0 Å². The van der Waals surface area contributed by atoms with E-state index in [4.69, 9.17) is 4.74 Å². The Labute approximate surface area is 187 Å². The van der Waals surface area contributed by atoms with Crippen LogP contribution in [-0.2, 0) is 44.1 Å². The minimum atomic E-state index is -1.23. The van der Waals surface area contributed by atoms with Gasteiger partial charge >= 0.3 is 0 Å². The first-order valence-electron chi connectivity index (χ1n) is 8.76. The number of rotatable bonds is 10. The Morgan fingerprint density at radius 2 is 1.78 bits per heavy atom. The molecule has 143 valence electrons. The van der Waals surface area contributed by atoms with Crippen LogP contribution in [0.2, 0.25) is 0 Å². The number of aliphatic hydroxyl groups is 1. The van der Waals surface area contributed by atoms with Crippen molar-refractivity contribution in [1.82, 2.24) is 4.90 Å². The molecule has 4 nitrogen and oxygen atoms in total. The molecule has 0 aliphatic rings. The van der Waals surface area contributed by atoms with Crippen LogP contribution in [0.5, 0.6) is 5.75 Å². The number of nitrogens with zero attached hydrogens (tertiary/aromatic N) is 1. The van der Waals surface area contributed by atoms with Gasteiger partial charge in [-0.1, -0.05) is 54.5 Å². The van der Waals surface area contributed by atoms with Gasteiger partial charge in [0.15, 0.2) is 0 Å². The molecule has 0 spiro atoms. The summed E-state index contributed by atoms with van der Waals surface area (Å²) in [6.45, 7) is 5.09. The van der Waals surface area contributed by atoms with Crippen molar-refractivity contribution in [2.45, 2.75) is 31.0 Å². The molecule has 1 radical (unpaired) electrons. The van der Waals surface area contributed by atoms with Crippen molar-refractivity contribution in [3.05, 3.63) is 72.6 Å². The molecular weight excluding hydrogens is 415 g/mol. The summed E-state index contributed by atoms with van der Waals surface area (Å²) in [6.07, 6.45) is 2.29. The monoisotopic (exact) mass is 442 g/mol. The zero-order valence-electron chi connectivity index (χ0n) is 16.1. The normalized spacial score (nSPS) is 14.1. The third-order valence-corrected chi connectivity index (χ3v) is 4.39. The summed E-state index contributed by atoms with van der Waals surface area (Å²) < 4.78 is 5.82. The van der Waals surface area contributed by atoms with E-state index in [-0.39, 0.29) is 51.5 Å². The van der Waals surface area contributed by atoms with Crippen LogP contribution in [0.3, 0.4) is 0 Å². The van der Waals surface area contributed by atoms with E-state index in [9.17, 15) is 9.90 Å². The summed E-state index contributed by atoms with van der Waals surface area (Å²) >= 11 is 0. The fourth-order valence-corrected chi connectivity index (χ4v) is 2.93. The van der Waals surface area contributed by atoms with E-state index in [1.165, 1.54) is 0 Å². The predicted molar refractivity (Wildman–Crippen MR) is 104 cm³/mol. The molecule has 0 saturated carbocycles. The molecule has 1 N–H and O–H groups in total. The minimum absolute atomic E-state index is 0.